The largest absolute Gasteiger partial charge is 0.339 e. The van der Waals surface area contributed by atoms with Crippen molar-refractivity contribution in [3.63, 3.8) is 0 Å². The van der Waals surface area contributed by atoms with Crippen molar-refractivity contribution in [1.82, 2.24) is 4.98 Å². The highest BCUT2D eigenvalue weighted by atomic mass is 79.9. The molecular weight excluding hydrogens is 323 g/mol. The molecule has 5 heteroatoms. The molecule has 1 N–H and O–H groups in total. The number of anilines is 2. The van der Waals surface area contributed by atoms with Crippen LogP contribution in [0, 0.1) is 6.92 Å². The second-order valence-corrected chi connectivity index (χ2v) is 5.30. The van der Waals surface area contributed by atoms with E-state index in [-0.39, 0.29) is 0 Å². The molecule has 17 heavy (non-hydrogen) atoms. The minimum absolute atomic E-state index is 0.552. The van der Waals surface area contributed by atoms with Crippen LogP contribution in [0.4, 0.5) is 11.5 Å². The van der Waals surface area contributed by atoms with Gasteiger partial charge >= 0.3 is 0 Å². The normalized spacial score (nSPS) is 10.4. The summed E-state index contributed by atoms with van der Waals surface area (Å²) < 4.78 is 0.843. The van der Waals surface area contributed by atoms with Crippen molar-refractivity contribution in [2.75, 3.05) is 5.32 Å². The number of hydrogen-bond acceptors (Lipinski definition) is 2. The molecule has 2 aromatic rings. The molecular formula is C12H9BrCl2N2. The summed E-state index contributed by atoms with van der Waals surface area (Å²) in [5, 5.41) is 4.38. The maximum absolute atomic E-state index is 6.06. The first-order chi connectivity index (χ1) is 8.06. The summed E-state index contributed by atoms with van der Waals surface area (Å²) in [4.78, 5) is 4.19. The molecule has 2 rings (SSSR count). The number of aryl methyl sites for hydroxylation is 1. The molecule has 1 heterocycles. The van der Waals surface area contributed by atoms with E-state index in [1.807, 2.05) is 25.1 Å². The van der Waals surface area contributed by atoms with E-state index in [9.17, 15) is 0 Å². The lowest BCUT2D eigenvalue weighted by atomic mass is 10.2. The van der Waals surface area contributed by atoms with E-state index in [2.05, 4.69) is 26.2 Å². The van der Waals surface area contributed by atoms with Crippen molar-refractivity contribution >= 4 is 50.6 Å². The van der Waals surface area contributed by atoms with Crippen molar-refractivity contribution < 1.29 is 0 Å². The topological polar surface area (TPSA) is 24.9 Å². The second kappa shape index (κ2) is 5.25. The van der Waals surface area contributed by atoms with Crippen LogP contribution in [0.2, 0.25) is 10.0 Å². The quantitative estimate of drug-likeness (QED) is 0.817. The standard InChI is InChI=1S/C12H9BrCl2N2/c1-7-2-3-9(5-10(7)14)17-12-11(15)4-8(13)6-16-12/h2-6H,1H3,(H,16,17). The Morgan fingerprint density at radius 1 is 1.18 bits per heavy atom. The average molecular weight is 332 g/mol. The second-order valence-electron chi connectivity index (χ2n) is 3.57. The highest BCUT2D eigenvalue weighted by Gasteiger charge is 2.04. The van der Waals surface area contributed by atoms with Gasteiger partial charge in [0.15, 0.2) is 0 Å². The van der Waals surface area contributed by atoms with Crippen LogP contribution in [-0.4, -0.2) is 4.98 Å². The SMILES string of the molecule is Cc1ccc(Nc2ncc(Br)cc2Cl)cc1Cl. The molecule has 1 aromatic carbocycles. The third-order valence-corrected chi connectivity index (χ3v) is 3.37. The van der Waals surface area contributed by atoms with Gasteiger partial charge in [-0.2, -0.15) is 0 Å². The van der Waals surface area contributed by atoms with Crippen LogP contribution >= 0.6 is 39.1 Å². The summed E-state index contributed by atoms with van der Waals surface area (Å²) in [7, 11) is 0. The minimum atomic E-state index is 0.552. The van der Waals surface area contributed by atoms with Crippen LogP contribution in [0.5, 0.6) is 0 Å². The van der Waals surface area contributed by atoms with Gasteiger partial charge in [-0.25, -0.2) is 4.98 Å². The molecule has 0 saturated carbocycles. The van der Waals surface area contributed by atoms with Gasteiger partial charge in [0.2, 0.25) is 0 Å². The number of pyridine rings is 1. The van der Waals surface area contributed by atoms with Crippen molar-refractivity contribution in [2.45, 2.75) is 6.92 Å². The molecule has 0 bridgehead atoms. The number of halogens is 3. The maximum Gasteiger partial charge on any atom is 0.149 e. The van der Waals surface area contributed by atoms with Gasteiger partial charge < -0.3 is 5.32 Å². The van der Waals surface area contributed by atoms with Crippen molar-refractivity contribution in [3.05, 3.63) is 50.5 Å². The summed E-state index contributed by atoms with van der Waals surface area (Å²) in [6.45, 7) is 1.96. The third kappa shape index (κ3) is 3.12. The third-order valence-electron chi connectivity index (χ3n) is 2.24. The first kappa shape index (κ1) is 12.7. The number of benzene rings is 1. The number of aromatic nitrogens is 1. The van der Waals surface area contributed by atoms with E-state index in [0.29, 0.717) is 15.9 Å². The number of nitrogens with one attached hydrogen (secondary N) is 1. The summed E-state index contributed by atoms with van der Waals surface area (Å²) >= 11 is 15.4. The lowest BCUT2D eigenvalue weighted by molar-refractivity contribution is 1.29. The molecule has 0 radical (unpaired) electrons. The van der Waals surface area contributed by atoms with Gasteiger partial charge in [0, 0.05) is 21.4 Å². The Labute approximate surface area is 118 Å². The average Bonchev–Trinajstić information content (AvgIpc) is 2.27. The van der Waals surface area contributed by atoms with Gasteiger partial charge in [0.1, 0.15) is 5.82 Å². The Hall–Kier alpha value is -0.770. The van der Waals surface area contributed by atoms with Crippen LogP contribution in [-0.2, 0) is 0 Å². The Morgan fingerprint density at radius 3 is 2.59 bits per heavy atom. The maximum atomic E-state index is 6.06. The zero-order valence-corrected chi connectivity index (χ0v) is 12.1. The van der Waals surface area contributed by atoms with Gasteiger partial charge in [0.25, 0.3) is 0 Å². The molecule has 0 aliphatic heterocycles. The first-order valence-electron chi connectivity index (χ1n) is 4.90. The van der Waals surface area contributed by atoms with Crippen LogP contribution in [0.1, 0.15) is 5.56 Å². The monoisotopic (exact) mass is 330 g/mol. The highest BCUT2D eigenvalue weighted by Crippen LogP contribution is 2.27. The van der Waals surface area contributed by atoms with E-state index in [1.165, 1.54) is 0 Å². The molecule has 0 aliphatic carbocycles. The van der Waals surface area contributed by atoms with Crippen molar-refractivity contribution in [3.8, 4) is 0 Å². The summed E-state index contributed by atoms with van der Waals surface area (Å²) in [6.07, 6.45) is 1.68. The summed E-state index contributed by atoms with van der Waals surface area (Å²) in [5.74, 6) is 0.606. The predicted octanol–water partition coefficient (Wildman–Crippen LogP) is 5.20. The van der Waals surface area contributed by atoms with Gasteiger partial charge in [-0.15, -0.1) is 0 Å². The fourth-order valence-electron chi connectivity index (χ4n) is 1.31. The number of rotatable bonds is 2. The zero-order valence-electron chi connectivity index (χ0n) is 8.97. The van der Waals surface area contributed by atoms with Gasteiger partial charge in [0.05, 0.1) is 5.02 Å². The van der Waals surface area contributed by atoms with Crippen molar-refractivity contribution in [2.24, 2.45) is 0 Å². The molecule has 0 fully saturated rings. The van der Waals surface area contributed by atoms with Crippen LogP contribution in [0.15, 0.2) is 34.9 Å². The molecule has 0 aliphatic rings. The van der Waals surface area contributed by atoms with Crippen LogP contribution in [0.25, 0.3) is 0 Å². The van der Waals surface area contributed by atoms with Crippen molar-refractivity contribution in [1.29, 1.82) is 0 Å². The highest BCUT2D eigenvalue weighted by molar-refractivity contribution is 9.10. The fraction of sp³-hybridized carbons (Fsp3) is 0.0833. The molecule has 0 atom stereocenters. The number of hydrogen-bond donors (Lipinski definition) is 1. The van der Waals surface area contributed by atoms with Crippen LogP contribution < -0.4 is 5.32 Å². The first-order valence-corrected chi connectivity index (χ1v) is 6.45. The van der Waals surface area contributed by atoms with E-state index in [1.54, 1.807) is 12.3 Å². The molecule has 0 spiro atoms. The van der Waals surface area contributed by atoms with Gasteiger partial charge in [-0.3, -0.25) is 0 Å². The fourth-order valence-corrected chi connectivity index (χ4v) is 2.17. The zero-order chi connectivity index (χ0) is 12.4. The molecule has 1 aromatic heterocycles. The Bertz CT molecular complexity index is 558. The molecule has 0 amide bonds. The molecule has 0 saturated heterocycles. The molecule has 2 nitrogen and oxygen atoms in total. The van der Waals surface area contributed by atoms with Gasteiger partial charge in [-0.05, 0) is 46.6 Å². The Morgan fingerprint density at radius 2 is 1.94 bits per heavy atom. The Kier molecular flexibility index (Phi) is 3.92. The number of nitrogens with zero attached hydrogens (tertiary/aromatic N) is 1. The minimum Gasteiger partial charge on any atom is -0.339 e. The van der Waals surface area contributed by atoms with E-state index in [4.69, 9.17) is 23.2 Å². The lowest BCUT2D eigenvalue weighted by Crippen LogP contribution is -1.94. The molecule has 88 valence electrons. The summed E-state index contributed by atoms with van der Waals surface area (Å²) in [5.41, 5.74) is 1.89. The van der Waals surface area contributed by atoms with Crippen LogP contribution in [0.3, 0.4) is 0 Å². The van der Waals surface area contributed by atoms with E-state index >= 15 is 0 Å². The van der Waals surface area contributed by atoms with E-state index < -0.39 is 0 Å². The van der Waals surface area contributed by atoms with Gasteiger partial charge in [-0.1, -0.05) is 29.3 Å². The Balaban J connectivity index is 2.28. The lowest BCUT2D eigenvalue weighted by Gasteiger charge is -2.08. The predicted molar refractivity (Wildman–Crippen MR) is 76.4 cm³/mol. The smallest absolute Gasteiger partial charge is 0.149 e. The van der Waals surface area contributed by atoms with E-state index in [0.717, 1.165) is 15.7 Å². The summed E-state index contributed by atoms with van der Waals surface area (Å²) in [6, 6.07) is 7.50. The molecule has 0 unspecified atom stereocenters.